The highest BCUT2D eigenvalue weighted by molar-refractivity contribution is 5.82. The Labute approximate surface area is 136 Å². The first-order valence-corrected chi connectivity index (χ1v) is 7.55. The summed E-state index contributed by atoms with van der Waals surface area (Å²) in [5, 5.41) is 13.0. The van der Waals surface area contributed by atoms with Crippen LogP contribution >= 0.6 is 0 Å². The number of hydrogen-bond acceptors (Lipinski definition) is 8. The Morgan fingerprint density at radius 1 is 1.50 bits per heavy atom. The van der Waals surface area contributed by atoms with Gasteiger partial charge in [0.2, 0.25) is 0 Å². The van der Waals surface area contributed by atoms with Crippen LogP contribution in [0.25, 0.3) is 11.2 Å². The third-order valence-corrected chi connectivity index (χ3v) is 3.80. The van der Waals surface area contributed by atoms with Gasteiger partial charge in [0.1, 0.15) is 12.4 Å². The van der Waals surface area contributed by atoms with Gasteiger partial charge in [-0.2, -0.15) is 0 Å². The minimum atomic E-state index is -1.83. The molecule has 0 spiro atoms. The Hall–Kier alpha value is -2.33. The van der Waals surface area contributed by atoms with E-state index in [1.54, 1.807) is 0 Å². The molecule has 2 aromatic heterocycles. The molecule has 0 aliphatic carbocycles. The third-order valence-electron chi connectivity index (χ3n) is 3.80. The van der Waals surface area contributed by atoms with E-state index < -0.39 is 30.6 Å². The molecule has 24 heavy (non-hydrogen) atoms. The van der Waals surface area contributed by atoms with E-state index in [-0.39, 0.29) is 0 Å². The van der Waals surface area contributed by atoms with Gasteiger partial charge < -0.3 is 19.9 Å². The first-order chi connectivity index (χ1) is 11.6. The fraction of sp³-hybridized carbons (Fsp3) is 0.571. The van der Waals surface area contributed by atoms with E-state index in [2.05, 4.69) is 25.0 Å². The van der Waals surface area contributed by atoms with Gasteiger partial charge in [-0.25, -0.2) is 24.1 Å². The lowest BCUT2D eigenvalue weighted by Crippen LogP contribution is -2.35. The minimum Gasteiger partial charge on any atom is -0.467 e. The van der Waals surface area contributed by atoms with E-state index in [9.17, 15) is 14.3 Å². The van der Waals surface area contributed by atoms with E-state index >= 15 is 0 Å². The van der Waals surface area contributed by atoms with Crippen molar-refractivity contribution in [3.05, 3.63) is 12.7 Å². The second-order valence-electron chi connectivity index (χ2n) is 5.38. The van der Waals surface area contributed by atoms with Gasteiger partial charge >= 0.3 is 5.97 Å². The molecule has 1 aliphatic heterocycles. The Morgan fingerprint density at radius 2 is 2.29 bits per heavy atom. The van der Waals surface area contributed by atoms with Crippen molar-refractivity contribution in [2.75, 3.05) is 19.0 Å². The molecule has 2 N–H and O–H groups in total. The zero-order valence-corrected chi connectivity index (χ0v) is 13.2. The summed E-state index contributed by atoms with van der Waals surface area (Å²) in [5.74, 6) is -0.309. The molecule has 0 radical (unpaired) electrons. The van der Waals surface area contributed by atoms with E-state index in [4.69, 9.17) is 4.74 Å². The van der Waals surface area contributed by atoms with Gasteiger partial charge in [-0.15, -0.1) is 0 Å². The van der Waals surface area contributed by atoms with Crippen LogP contribution in [-0.2, 0) is 14.3 Å². The van der Waals surface area contributed by atoms with Gasteiger partial charge in [0, 0.05) is 6.54 Å². The first kappa shape index (κ1) is 16.5. The number of nitrogens with one attached hydrogen (secondary N) is 1. The van der Waals surface area contributed by atoms with Crippen molar-refractivity contribution in [3.63, 3.8) is 0 Å². The summed E-state index contributed by atoms with van der Waals surface area (Å²) in [7, 11) is 1.14. The lowest BCUT2D eigenvalue weighted by molar-refractivity contribution is -0.158. The molecular formula is C14H18FN5O4. The molecule has 1 saturated heterocycles. The van der Waals surface area contributed by atoms with Crippen molar-refractivity contribution in [1.82, 2.24) is 19.5 Å². The number of carbonyl (C=O) groups is 1. The maximum Gasteiger partial charge on any atom is 0.337 e. The lowest BCUT2D eigenvalue weighted by atomic mass is 10.1. The second-order valence-corrected chi connectivity index (χ2v) is 5.38. The van der Waals surface area contributed by atoms with Gasteiger partial charge in [-0.1, -0.05) is 6.92 Å². The number of aliphatic hydroxyl groups excluding tert-OH is 1. The van der Waals surface area contributed by atoms with Crippen molar-refractivity contribution < 1.29 is 23.8 Å². The van der Waals surface area contributed by atoms with Crippen LogP contribution in [-0.4, -0.2) is 62.6 Å². The highest BCUT2D eigenvalue weighted by Crippen LogP contribution is 2.34. The van der Waals surface area contributed by atoms with Crippen molar-refractivity contribution >= 4 is 23.0 Å². The molecule has 0 unspecified atom stereocenters. The zero-order chi connectivity index (χ0) is 17.3. The van der Waals surface area contributed by atoms with Crippen LogP contribution in [0.4, 0.5) is 10.2 Å². The normalized spacial score (nSPS) is 26.7. The van der Waals surface area contributed by atoms with Crippen LogP contribution in [0.1, 0.15) is 19.6 Å². The van der Waals surface area contributed by atoms with Crippen LogP contribution in [0.2, 0.25) is 0 Å². The molecule has 1 fully saturated rings. The molecule has 10 heteroatoms. The van der Waals surface area contributed by atoms with Crippen LogP contribution in [0.3, 0.4) is 0 Å². The predicted octanol–water partition coefficient (Wildman–Crippen LogP) is 0.418. The second kappa shape index (κ2) is 6.65. The van der Waals surface area contributed by atoms with Gasteiger partial charge in [0.15, 0.2) is 35.5 Å². The molecule has 3 heterocycles. The topological polar surface area (TPSA) is 111 Å². The third kappa shape index (κ3) is 2.67. The van der Waals surface area contributed by atoms with E-state index in [1.807, 2.05) is 6.92 Å². The van der Waals surface area contributed by atoms with E-state index in [1.165, 1.54) is 17.2 Å². The molecule has 2 aromatic rings. The van der Waals surface area contributed by atoms with Crippen LogP contribution in [0.15, 0.2) is 12.7 Å². The summed E-state index contributed by atoms with van der Waals surface area (Å²) in [6, 6.07) is 0. The quantitative estimate of drug-likeness (QED) is 0.754. The van der Waals surface area contributed by atoms with Gasteiger partial charge in [0.25, 0.3) is 0 Å². The molecular weight excluding hydrogens is 321 g/mol. The Bertz CT molecular complexity index is 739. The molecule has 3 rings (SSSR count). The fourth-order valence-corrected chi connectivity index (χ4v) is 2.58. The summed E-state index contributed by atoms with van der Waals surface area (Å²) >= 11 is 0. The summed E-state index contributed by atoms with van der Waals surface area (Å²) in [6.45, 7) is 2.71. The monoisotopic (exact) mass is 339 g/mol. The molecule has 0 saturated carbocycles. The number of halogens is 1. The highest BCUT2D eigenvalue weighted by atomic mass is 19.1. The standard InChI is InChI=1S/C14H18FN5O4/c1-3-4-16-11-8-12(18-5-17-11)20(6-19-8)13-7(15)9(21)10(24-13)14(22)23-2/h5-7,9-10,13,21H,3-4H2,1-2H3,(H,16,17,18)/t7-,9+,10+,13-/m1/s1. The number of imidazole rings is 1. The highest BCUT2D eigenvalue weighted by Gasteiger charge is 2.49. The van der Waals surface area contributed by atoms with Crippen LogP contribution in [0.5, 0.6) is 0 Å². The number of esters is 1. The van der Waals surface area contributed by atoms with Crippen molar-refractivity contribution in [3.8, 4) is 0 Å². The van der Waals surface area contributed by atoms with E-state index in [0.717, 1.165) is 13.5 Å². The lowest BCUT2D eigenvalue weighted by Gasteiger charge is -2.15. The number of alkyl halides is 1. The zero-order valence-electron chi connectivity index (χ0n) is 13.2. The molecule has 1 aliphatic rings. The number of anilines is 1. The van der Waals surface area contributed by atoms with Gasteiger partial charge in [-0.05, 0) is 6.42 Å². The van der Waals surface area contributed by atoms with E-state index in [0.29, 0.717) is 23.5 Å². The number of nitrogens with zero attached hydrogens (tertiary/aromatic N) is 4. The van der Waals surface area contributed by atoms with Crippen LogP contribution < -0.4 is 5.32 Å². The maximum atomic E-state index is 14.4. The predicted molar refractivity (Wildman–Crippen MR) is 80.9 cm³/mol. The maximum absolute atomic E-state index is 14.4. The average molecular weight is 339 g/mol. The molecule has 0 bridgehead atoms. The number of rotatable bonds is 5. The van der Waals surface area contributed by atoms with Gasteiger partial charge in [0.05, 0.1) is 13.4 Å². The number of ether oxygens (including phenoxy) is 2. The molecule has 0 aromatic carbocycles. The SMILES string of the molecule is CCCNc1ncnc2c1ncn2[C@@H]1O[C@H](C(=O)OC)[C@@H](O)[C@H]1F. The minimum absolute atomic E-state index is 0.342. The number of fused-ring (bicyclic) bond motifs is 1. The van der Waals surface area contributed by atoms with Crippen molar-refractivity contribution in [2.45, 2.75) is 38.0 Å². The van der Waals surface area contributed by atoms with Gasteiger partial charge in [-0.3, -0.25) is 4.57 Å². The number of hydrogen-bond donors (Lipinski definition) is 2. The number of aliphatic hydroxyl groups is 1. The Kier molecular flexibility index (Phi) is 4.58. The van der Waals surface area contributed by atoms with Crippen LogP contribution in [0, 0.1) is 0 Å². The molecule has 130 valence electrons. The molecule has 4 atom stereocenters. The average Bonchev–Trinajstić information content (AvgIpc) is 3.15. The van der Waals surface area contributed by atoms with Crippen molar-refractivity contribution in [2.24, 2.45) is 0 Å². The fourth-order valence-electron chi connectivity index (χ4n) is 2.58. The number of methoxy groups -OCH3 is 1. The number of aromatic nitrogens is 4. The smallest absolute Gasteiger partial charge is 0.337 e. The summed E-state index contributed by atoms with van der Waals surface area (Å²) in [4.78, 5) is 24.0. The Balaban J connectivity index is 1.94. The number of carbonyl (C=O) groups excluding carboxylic acids is 1. The molecule has 9 nitrogen and oxygen atoms in total. The largest absolute Gasteiger partial charge is 0.467 e. The summed E-state index contributed by atoms with van der Waals surface area (Å²) in [5.41, 5.74) is 0.798. The van der Waals surface area contributed by atoms with Crippen molar-refractivity contribution in [1.29, 1.82) is 0 Å². The first-order valence-electron chi connectivity index (χ1n) is 7.55. The summed E-state index contributed by atoms with van der Waals surface area (Å²) in [6.07, 6.45) is -2.50. The molecule has 0 amide bonds. The Morgan fingerprint density at radius 3 is 3.00 bits per heavy atom. The summed E-state index contributed by atoms with van der Waals surface area (Å²) < 4.78 is 25.6.